The Hall–Kier alpha value is -2.44. The molecular weight excluding hydrogens is 265 g/mol. The van der Waals surface area contributed by atoms with Gasteiger partial charge in [-0.25, -0.2) is 4.39 Å². The zero-order chi connectivity index (χ0) is 14.7. The van der Waals surface area contributed by atoms with Crippen LogP contribution in [0.3, 0.4) is 0 Å². The first-order chi connectivity index (χ1) is 9.45. The molecule has 0 aromatic heterocycles. The Kier molecular flexibility index (Phi) is 3.97. The maximum absolute atomic E-state index is 13.5. The lowest BCUT2D eigenvalue weighted by Crippen LogP contribution is -2.47. The Morgan fingerprint density at radius 3 is 2.80 bits per heavy atom. The highest BCUT2D eigenvalue weighted by atomic mass is 19.1. The van der Waals surface area contributed by atoms with Gasteiger partial charge in [0.15, 0.2) is 0 Å². The van der Waals surface area contributed by atoms with Crippen molar-refractivity contribution >= 4 is 29.1 Å². The number of piperidine rings is 1. The van der Waals surface area contributed by atoms with Gasteiger partial charge in [0.2, 0.25) is 17.7 Å². The van der Waals surface area contributed by atoms with Crippen molar-refractivity contribution in [1.82, 2.24) is 5.32 Å². The molecule has 2 rings (SSSR count). The smallest absolute Gasteiger partial charge is 0.249 e. The van der Waals surface area contributed by atoms with E-state index in [1.165, 1.54) is 25.1 Å². The van der Waals surface area contributed by atoms with Crippen LogP contribution in [0.2, 0.25) is 0 Å². The van der Waals surface area contributed by atoms with Crippen LogP contribution >= 0.6 is 0 Å². The van der Waals surface area contributed by atoms with Crippen molar-refractivity contribution in [3.8, 4) is 0 Å². The Bertz CT molecular complexity index is 574. The molecule has 3 amide bonds. The van der Waals surface area contributed by atoms with Gasteiger partial charge < -0.3 is 10.6 Å². The summed E-state index contributed by atoms with van der Waals surface area (Å²) in [4.78, 5) is 33.6. The van der Waals surface area contributed by atoms with Gasteiger partial charge in [0.25, 0.3) is 0 Å². The predicted octanol–water partition coefficient (Wildman–Crippen LogP) is 1.00. The third kappa shape index (κ3) is 3.31. The van der Waals surface area contributed by atoms with Crippen molar-refractivity contribution in [2.75, 3.05) is 10.6 Å². The molecule has 1 aliphatic rings. The molecule has 7 heteroatoms. The molecule has 0 spiro atoms. The number of halogens is 1. The second-order valence-electron chi connectivity index (χ2n) is 4.52. The van der Waals surface area contributed by atoms with Crippen molar-refractivity contribution in [3.05, 3.63) is 24.0 Å². The van der Waals surface area contributed by atoms with E-state index in [0.29, 0.717) is 12.1 Å². The zero-order valence-electron chi connectivity index (χ0n) is 10.8. The molecule has 1 aromatic rings. The van der Waals surface area contributed by atoms with E-state index in [2.05, 4.69) is 16.0 Å². The number of benzene rings is 1. The van der Waals surface area contributed by atoms with E-state index >= 15 is 0 Å². The maximum Gasteiger partial charge on any atom is 0.249 e. The largest absolute Gasteiger partial charge is 0.374 e. The summed E-state index contributed by atoms with van der Waals surface area (Å²) in [7, 11) is 0. The Balaban J connectivity index is 2.11. The monoisotopic (exact) mass is 279 g/mol. The van der Waals surface area contributed by atoms with Crippen LogP contribution in [-0.4, -0.2) is 23.8 Å². The van der Waals surface area contributed by atoms with Gasteiger partial charge in [-0.1, -0.05) is 0 Å². The summed E-state index contributed by atoms with van der Waals surface area (Å²) in [5.74, 6) is -1.66. The van der Waals surface area contributed by atoms with Crippen molar-refractivity contribution in [2.24, 2.45) is 0 Å². The van der Waals surface area contributed by atoms with Gasteiger partial charge in [0, 0.05) is 19.0 Å². The lowest BCUT2D eigenvalue weighted by atomic mass is 10.1. The van der Waals surface area contributed by atoms with E-state index in [0.717, 1.165) is 0 Å². The van der Waals surface area contributed by atoms with Gasteiger partial charge >= 0.3 is 0 Å². The topological polar surface area (TPSA) is 87.3 Å². The van der Waals surface area contributed by atoms with Crippen LogP contribution in [0, 0.1) is 5.82 Å². The lowest BCUT2D eigenvalue weighted by molar-refractivity contribution is -0.133. The minimum absolute atomic E-state index is 0.0368. The van der Waals surface area contributed by atoms with E-state index in [-0.39, 0.29) is 23.9 Å². The fourth-order valence-corrected chi connectivity index (χ4v) is 1.93. The minimum Gasteiger partial charge on any atom is -0.374 e. The number of nitrogens with one attached hydrogen (secondary N) is 3. The zero-order valence-corrected chi connectivity index (χ0v) is 10.8. The van der Waals surface area contributed by atoms with Crippen LogP contribution < -0.4 is 16.0 Å². The molecule has 20 heavy (non-hydrogen) atoms. The standard InChI is InChI=1S/C13H14FN3O3/c1-7(18)15-11-6-8(2-3-9(11)14)16-10-4-5-12(19)17-13(10)20/h2-3,6,10,16H,4-5H2,1H3,(H,15,18)(H,17,19,20). The molecule has 1 heterocycles. The Labute approximate surface area is 114 Å². The van der Waals surface area contributed by atoms with Crippen molar-refractivity contribution in [3.63, 3.8) is 0 Å². The first kappa shape index (κ1) is 14.0. The molecule has 0 aliphatic carbocycles. The van der Waals surface area contributed by atoms with Crippen LogP contribution in [0.5, 0.6) is 0 Å². The summed E-state index contributed by atoms with van der Waals surface area (Å²) in [6, 6.07) is 3.51. The highest BCUT2D eigenvalue weighted by molar-refractivity contribution is 6.01. The van der Waals surface area contributed by atoms with Gasteiger partial charge in [-0.2, -0.15) is 0 Å². The van der Waals surface area contributed by atoms with E-state index < -0.39 is 17.8 Å². The van der Waals surface area contributed by atoms with E-state index in [1.807, 2.05) is 0 Å². The number of hydrogen-bond acceptors (Lipinski definition) is 4. The average Bonchev–Trinajstić information content (AvgIpc) is 2.36. The van der Waals surface area contributed by atoms with Gasteiger partial charge in [0.1, 0.15) is 11.9 Å². The van der Waals surface area contributed by atoms with Gasteiger partial charge in [-0.3, -0.25) is 19.7 Å². The number of imide groups is 1. The quantitative estimate of drug-likeness (QED) is 0.720. The highest BCUT2D eigenvalue weighted by Gasteiger charge is 2.26. The van der Waals surface area contributed by atoms with Crippen LogP contribution in [0.15, 0.2) is 18.2 Å². The molecule has 6 nitrogen and oxygen atoms in total. The van der Waals surface area contributed by atoms with Gasteiger partial charge in [0.05, 0.1) is 5.69 Å². The van der Waals surface area contributed by atoms with Crippen molar-refractivity contribution in [1.29, 1.82) is 0 Å². The lowest BCUT2D eigenvalue weighted by Gasteiger charge is -2.23. The molecule has 3 N–H and O–H groups in total. The number of hydrogen-bond donors (Lipinski definition) is 3. The molecule has 106 valence electrons. The molecule has 1 fully saturated rings. The molecule has 0 bridgehead atoms. The average molecular weight is 279 g/mol. The summed E-state index contributed by atoms with van der Waals surface area (Å²) >= 11 is 0. The summed E-state index contributed by atoms with van der Waals surface area (Å²) in [6.07, 6.45) is 0.626. The van der Waals surface area contributed by atoms with Gasteiger partial charge in [-0.15, -0.1) is 0 Å². The number of carbonyl (C=O) groups is 3. The summed E-state index contributed by atoms with van der Waals surface area (Å²) in [6.45, 7) is 1.28. The number of rotatable bonds is 3. The van der Waals surface area contributed by atoms with Crippen LogP contribution in [0.25, 0.3) is 0 Å². The number of carbonyl (C=O) groups excluding carboxylic acids is 3. The van der Waals surface area contributed by atoms with Crippen LogP contribution in [-0.2, 0) is 14.4 Å². The summed E-state index contributed by atoms with van der Waals surface area (Å²) in [5, 5.41) is 7.49. The molecule has 1 unspecified atom stereocenters. The fraction of sp³-hybridized carbons (Fsp3) is 0.308. The second-order valence-corrected chi connectivity index (χ2v) is 4.52. The SMILES string of the molecule is CC(=O)Nc1cc(NC2CCC(=O)NC2=O)ccc1F. The first-order valence-electron chi connectivity index (χ1n) is 6.13. The molecule has 1 atom stereocenters. The van der Waals surface area contributed by atoms with Gasteiger partial charge in [-0.05, 0) is 24.6 Å². The number of anilines is 2. The normalized spacial score (nSPS) is 18.4. The number of amides is 3. The fourth-order valence-electron chi connectivity index (χ4n) is 1.93. The molecule has 0 radical (unpaired) electrons. The Morgan fingerprint density at radius 2 is 2.15 bits per heavy atom. The molecule has 1 saturated heterocycles. The van der Waals surface area contributed by atoms with E-state index in [9.17, 15) is 18.8 Å². The minimum atomic E-state index is -0.561. The summed E-state index contributed by atoms with van der Waals surface area (Å²) in [5.41, 5.74) is 0.527. The van der Waals surface area contributed by atoms with E-state index in [1.54, 1.807) is 0 Å². The third-order valence-corrected chi connectivity index (χ3v) is 2.86. The van der Waals surface area contributed by atoms with Crippen LogP contribution in [0.4, 0.5) is 15.8 Å². The van der Waals surface area contributed by atoms with E-state index in [4.69, 9.17) is 0 Å². The third-order valence-electron chi connectivity index (χ3n) is 2.86. The first-order valence-corrected chi connectivity index (χ1v) is 6.13. The predicted molar refractivity (Wildman–Crippen MR) is 70.5 cm³/mol. The highest BCUT2D eigenvalue weighted by Crippen LogP contribution is 2.21. The second kappa shape index (κ2) is 5.68. The Morgan fingerprint density at radius 1 is 1.40 bits per heavy atom. The van der Waals surface area contributed by atoms with Crippen molar-refractivity contribution in [2.45, 2.75) is 25.8 Å². The van der Waals surface area contributed by atoms with Crippen LogP contribution in [0.1, 0.15) is 19.8 Å². The summed E-state index contributed by atoms with van der Waals surface area (Å²) < 4.78 is 13.5. The molecular formula is C13H14FN3O3. The molecule has 0 saturated carbocycles. The molecule has 1 aromatic carbocycles. The molecule has 1 aliphatic heterocycles. The van der Waals surface area contributed by atoms with Crippen molar-refractivity contribution < 1.29 is 18.8 Å². The maximum atomic E-state index is 13.5.